The number of hydrogen-bond donors (Lipinski definition) is 1. The highest BCUT2D eigenvalue weighted by molar-refractivity contribution is 7.80. The molecule has 0 fully saturated rings. The number of rotatable bonds is 9. The molecule has 1 aliphatic heterocycles. The summed E-state index contributed by atoms with van der Waals surface area (Å²) in [6.07, 6.45) is 0.970. The van der Waals surface area contributed by atoms with Gasteiger partial charge in [-0.2, -0.15) is 4.98 Å². The van der Waals surface area contributed by atoms with Crippen molar-refractivity contribution in [1.82, 2.24) is 20.4 Å². The lowest BCUT2D eigenvalue weighted by Crippen LogP contribution is -2.46. The smallest absolute Gasteiger partial charge is 0.258 e. The van der Waals surface area contributed by atoms with E-state index < -0.39 is 0 Å². The lowest BCUT2D eigenvalue weighted by Gasteiger charge is -2.37. The van der Waals surface area contributed by atoms with Crippen LogP contribution < -0.4 is 10.1 Å². The maximum Gasteiger partial charge on any atom is 0.258 e. The molecule has 9 heteroatoms. The van der Waals surface area contributed by atoms with Gasteiger partial charge in [0, 0.05) is 24.4 Å². The number of nitrogens with one attached hydrogen (secondary N) is 1. The molecule has 184 valence electrons. The molecule has 1 atom stereocenters. The Morgan fingerprint density at radius 3 is 2.74 bits per heavy atom. The van der Waals surface area contributed by atoms with Crippen LogP contribution in [0.4, 0.5) is 4.39 Å². The number of thiocarbonyl (C=S) groups is 1. The Kier molecular flexibility index (Phi) is 7.77. The summed E-state index contributed by atoms with van der Waals surface area (Å²) in [7, 11) is 1.63. The first-order valence-electron chi connectivity index (χ1n) is 11.5. The third-order valence-electron chi connectivity index (χ3n) is 5.74. The van der Waals surface area contributed by atoms with Crippen molar-refractivity contribution >= 4 is 22.9 Å². The van der Waals surface area contributed by atoms with Gasteiger partial charge < -0.3 is 24.2 Å². The SMILES string of the molecule is COc1cccc(C2NC(=S)N(CCCOC(C)C)C(C)=C2c2nc(-c3cccc(F)c3)no2)c1. The second-order valence-electron chi connectivity index (χ2n) is 8.52. The predicted octanol–water partition coefficient (Wildman–Crippen LogP) is 5.36. The summed E-state index contributed by atoms with van der Waals surface area (Å²) in [6.45, 7) is 7.32. The second-order valence-corrected chi connectivity index (χ2v) is 8.90. The zero-order valence-electron chi connectivity index (χ0n) is 20.2. The Labute approximate surface area is 209 Å². The van der Waals surface area contributed by atoms with Gasteiger partial charge in [-0.05, 0) is 69.2 Å². The molecule has 3 aromatic rings. The predicted molar refractivity (Wildman–Crippen MR) is 136 cm³/mol. The van der Waals surface area contributed by atoms with Crippen molar-refractivity contribution in [3.8, 4) is 17.1 Å². The second kappa shape index (κ2) is 11.0. The Morgan fingerprint density at radius 2 is 2.00 bits per heavy atom. The van der Waals surface area contributed by atoms with E-state index in [4.69, 9.17) is 26.2 Å². The third kappa shape index (κ3) is 5.68. The molecule has 2 heterocycles. The quantitative estimate of drug-likeness (QED) is 0.314. The van der Waals surface area contributed by atoms with Gasteiger partial charge in [0.25, 0.3) is 5.89 Å². The van der Waals surface area contributed by atoms with E-state index in [9.17, 15) is 4.39 Å². The largest absolute Gasteiger partial charge is 0.497 e. The summed E-state index contributed by atoms with van der Waals surface area (Å²) in [5.74, 6) is 1.02. The number of methoxy groups -OCH3 is 1. The first-order chi connectivity index (χ1) is 16.9. The van der Waals surface area contributed by atoms with Gasteiger partial charge in [0.15, 0.2) is 5.11 Å². The van der Waals surface area contributed by atoms with E-state index in [1.165, 1.54) is 12.1 Å². The monoisotopic (exact) mass is 496 g/mol. The molecule has 1 N–H and O–H groups in total. The molecule has 1 aliphatic rings. The zero-order chi connectivity index (χ0) is 24.9. The molecule has 0 radical (unpaired) electrons. The standard InChI is InChI=1S/C26H29FN4O3S/c1-16(2)33-13-7-12-31-17(3)22(23(28-26(31)35)18-8-6-11-21(15-18)32-4)25-29-24(30-34-25)19-9-5-10-20(27)14-19/h5-6,8-11,14-16,23H,7,12-13H2,1-4H3,(H,28,35). The number of nitrogens with zero attached hydrogens (tertiary/aromatic N) is 3. The van der Waals surface area contributed by atoms with Crippen LogP contribution in [-0.4, -0.2) is 46.5 Å². The third-order valence-corrected chi connectivity index (χ3v) is 6.08. The Morgan fingerprint density at radius 1 is 1.20 bits per heavy atom. The number of benzene rings is 2. The molecule has 4 rings (SSSR count). The van der Waals surface area contributed by atoms with Gasteiger partial charge in [0.2, 0.25) is 5.82 Å². The average molecular weight is 497 g/mol. The molecule has 0 amide bonds. The van der Waals surface area contributed by atoms with Crippen molar-refractivity contribution in [2.45, 2.75) is 39.3 Å². The average Bonchev–Trinajstić information content (AvgIpc) is 3.33. The fourth-order valence-electron chi connectivity index (χ4n) is 4.02. The van der Waals surface area contributed by atoms with Gasteiger partial charge >= 0.3 is 0 Å². The number of allylic oxidation sites excluding steroid dienone is 1. The molecule has 0 bridgehead atoms. The van der Waals surface area contributed by atoms with Crippen molar-refractivity contribution in [3.63, 3.8) is 0 Å². The minimum atomic E-state index is -0.363. The summed E-state index contributed by atoms with van der Waals surface area (Å²) in [6, 6.07) is 13.5. The van der Waals surface area contributed by atoms with Crippen molar-refractivity contribution in [2.24, 2.45) is 0 Å². The first kappa shape index (κ1) is 24.8. The van der Waals surface area contributed by atoms with Crippen LogP contribution in [0.25, 0.3) is 17.0 Å². The van der Waals surface area contributed by atoms with Crippen molar-refractivity contribution in [3.05, 3.63) is 71.5 Å². The van der Waals surface area contributed by atoms with Crippen LogP contribution in [-0.2, 0) is 4.74 Å². The van der Waals surface area contributed by atoms with Gasteiger partial charge in [-0.15, -0.1) is 0 Å². The molecule has 7 nitrogen and oxygen atoms in total. The summed E-state index contributed by atoms with van der Waals surface area (Å²) >= 11 is 5.74. The first-order valence-corrected chi connectivity index (χ1v) is 11.9. The van der Waals surface area contributed by atoms with Crippen molar-refractivity contribution in [1.29, 1.82) is 0 Å². The van der Waals surface area contributed by atoms with Crippen LogP contribution in [0.2, 0.25) is 0 Å². The fourth-order valence-corrected chi connectivity index (χ4v) is 4.36. The van der Waals surface area contributed by atoms with Gasteiger partial charge in [0.05, 0.1) is 24.8 Å². The van der Waals surface area contributed by atoms with Crippen LogP contribution in [0.15, 0.2) is 58.8 Å². The molecule has 35 heavy (non-hydrogen) atoms. The van der Waals surface area contributed by atoms with Gasteiger partial charge in [-0.25, -0.2) is 4.39 Å². The van der Waals surface area contributed by atoms with Crippen LogP contribution in [0.1, 0.15) is 44.7 Å². The highest BCUT2D eigenvalue weighted by Gasteiger charge is 2.34. The summed E-state index contributed by atoms with van der Waals surface area (Å²) in [5, 5.41) is 8.17. The summed E-state index contributed by atoms with van der Waals surface area (Å²) in [4.78, 5) is 6.65. The van der Waals surface area contributed by atoms with Crippen molar-refractivity contribution in [2.75, 3.05) is 20.3 Å². The molecule has 1 unspecified atom stereocenters. The lowest BCUT2D eigenvalue weighted by atomic mass is 9.94. The molecule has 0 saturated carbocycles. The highest BCUT2D eigenvalue weighted by atomic mass is 32.1. The molecular weight excluding hydrogens is 467 g/mol. The van der Waals surface area contributed by atoms with E-state index in [0.29, 0.717) is 35.5 Å². The Balaban J connectivity index is 1.73. The van der Waals surface area contributed by atoms with Crippen LogP contribution in [0.5, 0.6) is 5.75 Å². The van der Waals surface area contributed by atoms with Crippen LogP contribution in [0.3, 0.4) is 0 Å². The minimum absolute atomic E-state index is 0.172. The van der Waals surface area contributed by atoms with E-state index in [-0.39, 0.29) is 18.0 Å². The van der Waals surface area contributed by atoms with E-state index in [1.54, 1.807) is 19.2 Å². The number of ether oxygens (including phenoxy) is 2. The number of aromatic nitrogens is 2. The Bertz CT molecular complexity index is 1230. The van der Waals surface area contributed by atoms with Gasteiger partial charge in [-0.1, -0.05) is 29.4 Å². The molecule has 0 saturated heterocycles. The molecule has 0 aliphatic carbocycles. The minimum Gasteiger partial charge on any atom is -0.497 e. The molecular formula is C26H29FN4O3S. The van der Waals surface area contributed by atoms with Crippen LogP contribution >= 0.6 is 12.2 Å². The van der Waals surface area contributed by atoms with Crippen LogP contribution in [0, 0.1) is 5.82 Å². The topological polar surface area (TPSA) is 72.7 Å². The number of halogens is 1. The molecule has 2 aromatic carbocycles. The summed E-state index contributed by atoms with van der Waals surface area (Å²) in [5.41, 5.74) is 3.18. The normalized spacial score (nSPS) is 16.1. The van der Waals surface area contributed by atoms with E-state index in [2.05, 4.69) is 15.5 Å². The fraction of sp³-hybridized carbons (Fsp3) is 0.346. The molecule has 0 spiro atoms. The van der Waals surface area contributed by atoms with E-state index in [1.807, 2.05) is 49.9 Å². The zero-order valence-corrected chi connectivity index (χ0v) is 21.1. The Hall–Kier alpha value is -3.30. The van der Waals surface area contributed by atoms with Gasteiger partial charge in [-0.3, -0.25) is 0 Å². The van der Waals surface area contributed by atoms with E-state index in [0.717, 1.165) is 29.0 Å². The highest BCUT2D eigenvalue weighted by Crippen LogP contribution is 2.38. The lowest BCUT2D eigenvalue weighted by molar-refractivity contribution is 0.0749. The maximum atomic E-state index is 13.8. The number of hydrogen-bond acceptors (Lipinski definition) is 6. The maximum absolute atomic E-state index is 13.8. The van der Waals surface area contributed by atoms with E-state index >= 15 is 0 Å². The van der Waals surface area contributed by atoms with Gasteiger partial charge in [0.1, 0.15) is 11.6 Å². The summed E-state index contributed by atoms with van der Waals surface area (Å²) < 4.78 is 30.6. The van der Waals surface area contributed by atoms with Crippen molar-refractivity contribution < 1.29 is 18.4 Å². The molecule has 1 aromatic heterocycles.